The summed E-state index contributed by atoms with van der Waals surface area (Å²) in [6.45, 7) is 6.11. The number of carbonyl (C=O) groups is 1. The van der Waals surface area contributed by atoms with Crippen molar-refractivity contribution in [2.45, 2.75) is 46.1 Å². The van der Waals surface area contributed by atoms with Gasteiger partial charge in [0.25, 0.3) is 0 Å². The SMILES string of the molecule is CC(C)(C)C#CCC(=O)CCC(N)c1ccccc1. The highest BCUT2D eigenvalue weighted by Gasteiger charge is 2.08. The molecule has 0 heterocycles. The molecule has 2 nitrogen and oxygen atoms in total. The highest BCUT2D eigenvalue weighted by atomic mass is 16.1. The molecule has 0 saturated carbocycles. The molecular weight excluding hydrogens is 234 g/mol. The summed E-state index contributed by atoms with van der Waals surface area (Å²) in [6, 6.07) is 9.81. The van der Waals surface area contributed by atoms with E-state index in [1.807, 2.05) is 51.1 Å². The summed E-state index contributed by atoms with van der Waals surface area (Å²) >= 11 is 0. The number of hydrogen-bond acceptors (Lipinski definition) is 2. The van der Waals surface area contributed by atoms with E-state index in [1.165, 1.54) is 0 Å². The first-order valence-corrected chi connectivity index (χ1v) is 6.71. The van der Waals surface area contributed by atoms with Gasteiger partial charge in [-0.2, -0.15) is 0 Å². The topological polar surface area (TPSA) is 43.1 Å². The Morgan fingerprint density at radius 3 is 2.47 bits per heavy atom. The third-order valence-electron chi connectivity index (χ3n) is 2.71. The number of Topliss-reactive ketones (excluding diaryl/α,β-unsaturated/α-hetero) is 1. The van der Waals surface area contributed by atoms with Crippen LogP contribution in [0.2, 0.25) is 0 Å². The Hall–Kier alpha value is -1.59. The van der Waals surface area contributed by atoms with Crippen LogP contribution in [0, 0.1) is 17.3 Å². The van der Waals surface area contributed by atoms with Crippen molar-refractivity contribution in [2.75, 3.05) is 0 Å². The maximum atomic E-state index is 11.7. The zero-order valence-corrected chi connectivity index (χ0v) is 12.1. The second kappa shape index (κ2) is 7.11. The zero-order valence-electron chi connectivity index (χ0n) is 12.1. The van der Waals surface area contributed by atoms with Crippen LogP contribution in [0.25, 0.3) is 0 Å². The predicted molar refractivity (Wildman–Crippen MR) is 79.5 cm³/mol. The van der Waals surface area contributed by atoms with E-state index < -0.39 is 0 Å². The van der Waals surface area contributed by atoms with Gasteiger partial charge in [0.05, 0.1) is 6.42 Å². The number of rotatable bonds is 5. The summed E-state index contributed by atoms with van der Waals surface area (Å²) in [6.07, 6.45) is 1.51. The average Bonchev–Trinajstić information content (AvgIpc) is 2.35. The summed E-state index contributed by atoms with van der Waals surface area (Å²) in [7, 11) is 0. The molecule has 0 saturated heterocycles. The summed E-state index contributed by atoms with van der Waals surface area (Å²) in [5, 5.41) is 0. The largest absolute Gasteiger partial charge is 0.324 e. The Labute approximate surface area is 116 Å². The van der Waals surface area contributed by atoms with Gasteiger partial charge in [-0.15, -0.1) is 0 Å². The van der Waals surface area contributed by atoms with Gasteiger partial charge in [0, 0.05) is 17.9 Å². The lowest BCUT2D eigenvalue weighted by Crippen LogP contribution is -2.12. The third kappa shape index (κ3) is 6.79. The summed E-state index contributed by atoms with van der Waals surface area (Å²) in [5.74, 6) is 6.19. The van der Waals surface area contributed by atoms with E-state index in [-0.39, 0.29) is 17.2 Å². The molecule has 2 N–H and O–H groups in total. The van der Waals surface area contributed by atoms with Crippen molar-refractivity contribution in [1.82, 2.24) is 0 Å². The normalized spacial score (nSPS) is 12.4. The number of carbonyl (C=O) groups excluding carboxylic acids is 1. The fourth-order valence-electron chi connectivity index (χ4n) is 1.68. The fourth-order valence-corrected chi connectivity index (χ4v) is 1.68. The van der Waals surface area contributed by atoms with Gasteiger partial charge < -0.3 is 5.73 Å². The van der Waals surface area contributed by atoms with Crippen molar-refractivity contribution in [2.24, 2.45) is 11.1 Å². The van der Waals surface area contributed by atoms with Crippen molar-refractivity contribution >= 4 is 5.78 Å². The molecule has 0 aliphatic carbocycles. The number of hydrogen-bond donors (Lipinski definition) is 1. The van der Waals surface area contributed by atoms with Crippen LogP contribution in [0.15, 0.2) is 30.3 Å². The molecule has 0 bridgehead atoms. The molecule has 1 rings (SSSR count). The van der Waals surface area contributed by atoms with Gasteiger partial charge in [-0.05, 0) is 32.8 Å². The Kier molecular flexibility index (Phi) is 5.79. The maximum Gasteiger partial charge on any atom is 0.144 e. The zero-order chi connectivity index (χ0) is 14.3. The molecule has 0 fully saturated rings. The molecule has 1 atom stereocenters. The Bertz CT molecular complexity index is 460. The molecule has 0 spiro atoms. The second-order valence-electron chi connectivity index (χ2n) is 5.82. The molecule has 2 heteroatoms. The van der Waals surface area contributed by atoms with Gasteiger partial charge in [0.15, 0.2) is 0 Å². The third-order valence-corrected chi connectivity index (χ3v) is 2.71. The van der Waals surface area contributed by atoms with E-state index in [4.69, 9.17) is 5.73 Å². The number of benzene rings is 1. The fraction of sp³-hybridized carbons (Fsp3) is 0.471. The van der Waals surface area contributed by atoms with Gasteiger partial charge in [0.2, 0.25) is 0 Å². The van der Waals surface area contributed by atoms with Crippen molar-refractivity contribution in [3.63, 3.8) is 0 Å². The minimum atomic E-state index is -0.0688. The summed E-state index contributed by atoms with van der Waals surface area (Å²) in [4.78, 5) is 11.7. The molecule has 1 unspecified atom stereocenters. The molecule has 0 radical (unpaired) electrons. The van der Waals surface area contributed by atoms with Crippen molar-refractivity contribution < 1.29 is 4.79 Å². The standard InChI is InChI=1S/C17H23NO/c1-17(2,3)13-7-10-15(19)11-12-16(18)14-8-5-4-6-9-14/h4-6,8-9,16H,10-12,18H2,1-3H3. The van der Waals surface area contributed by atoms with E-state index in [1.54, 1.807) is 0 Å². The monoisotopic (exact) mass is 257 g/mol. The minimum Gasteiger partial charge on any atom is -0.324 e. The number of ketones is 1. The molecule has 19 heavy (non-hydrogen) atoms. The molecule has 0 amide bonds. The van der Waals surface area contributed by atoms with Crippen molar-refractivity contribution in [3.05, 3.63) is 35.9 Å². The lowest BCUT2D eigenvalue weighted by Gasteiger charge is -2.10. The highest BCUT2D eigenvalue weighted by molar-refractivity contribution is 5.80. The van der Waals surface area contributed by atoms with Gasteiger partial charge in [0.1, 0.15) is 5.78 Å². The molecule has 1 aromatic rings. The van der Waals surface area contributed by atoms with Crippen molar-refractivity contribution in [3.8, 4) is 11.8 Å². The van der Waals surface area contributed by atoms with Crippen LogP contribution in [0.3, 0.4) is 0 Å². The van der Waals surface area contributed by atoms with Gasteiger partial charge in [-0.1, -0.05) is 42.2 Å². The first-order chi connectivity index (χ1) is 8.88. The van der Waals surface area contributed by atoms with Gasteiger partial charge in [-0.25, -0.2) is 0 Å². The van der Waals surface area contributed by atoms with Crippen LogP contribution in [-0.2, 0) is 4.79 Å². The maximum absolute atomic E-state index is 11.7. The van der Waals surface area contributed by atoms with Crippen LogP contribution in [0.1, 0.15) is 51.6 Å². The van der Waals surface area contributed by atoms with Crippen LogP contribution in [0.5, 0.6) is 0 Å². The van der Waals surface area contributed by atoms with Gasteiger partial charge in [-0.3, -0.25) is 4.79 Å². The Morgan fingerprint density at radius 2 is 1.89 bits per heavy atom. The van der Waals surface area contributed by atoms with Crippen molar-refractivity contribution in [1.29, 1.82) is 0 Å². The lowest BCUT2D eigenvalue weighted by molar-refractivity contribution is -0.118. The number of nitrogens with two attached hydrogens (primary N) is 1. The molecule has 0 aliphatic rings. The lowest BCUT2D eigenvalue weighted by atomic mass is 9.97. The summed E-state index contributed by atoms with van der Waals surface area (Å²) < 4.78 is 0. The molecular formula is C17H23NO. The van der Waals surface area contributed by atoms with Crippen LogP contribution >= 0.6 is 0 Å². The molecule has 0 aromatic heterocycles. The average molecular weight is 257 g/mol. The van der Waals surface area contributed by atoms with E-state index in [0.29, 0.717) is 19.3 Å². The quantitative estimate of drug-likeness (QED) is 0.821. The Balaban J connectivity index is 2.36. The first-order valence-electron chi connectivity index (χ1n) is 6.71. The Morgan fingerprint density at radius 1 is 1.26 bits per heavy atom. The van der Waals surface area contributed by atoms with Crippen LogP contribution < -0.4 is 5.73 Å². The first kappa shape index (κ1) is 15.5. The second-order valence-corrected chi connectivity index (χ2v) is 5.82. The minimum absolute atomic E-state index is 0.0410. The molecule has 0 aliphatic heterocycles. The van der Waals surface area contributed by atoms with Gasteiger partial charge >= 0.3 is 0 Å². The van der Waals surface area contributed by atoms with E-state index in [2.05, 4.69) is 11.8 Å². The summed E-state index contributed by atoms with van der Waals surface area (Å²) in [5.41, 5.74) is 7.09. The van der Waals surface area contributed by atoms with E-state index in [9.17, 15) is 4.79 Å². The predicted octanol–water partition coefficient (Wildman–Crippen LogP) is 3.48. The van der Waals surface area contributed by atoms with E-state index in [0.717, 1.165) is 5.56 Å². The van der Waals surface area contributed by atoms with E-state index >= 15 is 0 Å². The molecule has 1 aromatic carbocycles. The molecule has 102 valence electrons. The highest BCUT2D eigenvalue weighted by Crippen LogP contribution is 2.15. The van der Waals surface area contributed by atoms with Crippen LogP contribution in [0.4, 0.5) is 0 Å². The smallest absolute Gasteiger partial charge is 0.144 e. The van der Waals surface area contributed by atoms with Crippen LogP contribution in [-0.4, -0.2) is 5.78 Å².